The molecule has 2 aromatic carbocycles. The first kappa shape index (κ1) is 24.4. The monoisotopic (exact) mass is 483 g/mol. The molecule has 2 amide bonds. The van der Waals surface area contributed by atoms with Crippen LogP contribution in [0.2, 0.25) is 5.02 Å². The lowest BCUT2D eigenvalue weighted by molar-refractivity contribution is -0.150. The molecule has 9 heteroatoms. The molecule has 2 atom stereocenters. The van der Waals surface area contributed by atoms with E-state index in [1.807, 2.05) is 26.0 Å². The molecule has 0 radical (unpaired) electrons. The summed E-state index contributed by atoms with van der Waals surface area (Å²) in [6.45, 7) is 3.77. The van der Waals surface area contributed by atoms with Crippen molar-refractivity contribution in [3.05, 3.63) is 74.8 Å². The van der Waals surface area contributed by atoms with Crippen molar-refractivity contribution < 1.29 is 19.1 Å². The van der Waals surface area contributed by atoms with Gasteiger partial charge in [-0.15, -0.1) is 0 Å². The Bertz CT molecular complexity index is 1170. The summed E-state index contributed by atoms with van der Waals surface area (Å²) in [5.74, 6) is -3.74. The molecule has 0 saturated carbocycles. The summed E-state index contributed by atoms with van der Waals surface area (Å²) in [5, 5.41) is 16.0. The van der Waals surface area contributed by atoms with Gasteiger partial charge in [-0.25, -0.2) is 0 Å². The topological polar surface area (TPSA) is 108 Å². The van der Waals surface area contributed by atoms with Crippen LogP contribution in [0.15, 0.2) is 53.1 Å². The van der Waals surface area contributed by atoms with Crippen molar-refractivity contribution in [2.45, 2.75) is 19.8 Å². The zero-order valence-corrected chi connectivity index (χ0v) is 19.8. The lowest BCUT2D eigenvalue weighted by Crippen LogP contribution is -2.44. The smallest absolute Gasteiger partial charge is 0.319 e. The first-order valence-electron chi connectivity index (χ1n) is 10.0. The number of thioether (sulfide) groups is 1. The predicted octanol–water partition coefficient (Wildman–Crippen LogP) is 4.07. The second-order valence-electron chi connectivity index (χ2n) is 7.53. The number of aryl methyl sites for hydroxylation is 2. The van der Waals surface area contributed by atoms with Crippen LogP contribution in [0, 0.1) is 31.1 Å². The highest BCUT2D eigenvalue weighted by atomic mass is 35.5. The number of nitrogens with zero attached hydrogens (tertiary/aromatic N) is 1. The maximum absolute atomic E-state index is 12.8. The molecule has 0 aromatic heterocycles. The van der Waals surface area contributed by atoms with Crippen LogP contribution in [0.25, 0.3) is 0 Å². The van der Waals surface area contributed by atoms with E-state index in [-0.39, 0.29) is 22.3 Å². The molecule has 0 bridgehead atoms. The fourth-order valence-corrected chi connectivity index (χ4v) is 4.49. The molecule has 0 aliphatic carbocycles. The Labute approximate surface area is 201 Å². The number of carbonyl (C=O) groups excluding carboxylic acids is 3. The minimum atomic E-state index is -1.21. The third-order valence-electron chi connectivity index (χ3n) is 5.22. The van der Waals surface area contributed by atoms with Crippen molar-refractivity contribution in [3.8, 4) is 6.07 Å². The van der Waals surface area contributed by atoms with Gasteiger partial charge in [0.25, 0.3) is 0 Å². The second-order valence-corrected chi connectivity index (χ2v) is 8.93. The minimum Gasteiger partial charge on any atom is -0.468 e. The van der Waals surface area contributed by atoms with Crippen LogP contribution in [0.3, 0.4) is 0 Å². The highest BCUT2D eigenvalue weighted by Crippen LogP contribution is 2.40. The molecule has 0 unspecified atom stereocenters. The molecule has 2 N–H and O–H groups in total. The number of hydrogen-bond acceptors (Lipinski definition) is 6. The van der Waals surface area contributed by atoms with Crippen LogP contribution in [-0.2, 0) is 19.1 Å². The standard InChI is InChI=1S/C24H22ClN3O4S/c1-13-4-7-15(8-5-13)20-17(11-26)23(28-22(30)21(20)24(31)32-3)33-12-19(29)27-16-9-6-14(2)18(25)10-16/h4-10,20-21H,12H2,1-3H3,(H,27,29)(H,28,30)/t20-,21+/m0/s1. The van der Waals surface area contributed by atoms with E-state index in [9.17, 15) is 19.6 Å². The van der Waals surface area contributed by atoms with Gasteiger partial charge in [0.15, 0.2) is 0 Å². The highest BCUT2D eigenvalue weighted by Gasteiger charge is 2.44. The number of benzene rings is 2. The molecular formula is C24H22ClN3O4S. The summed E-state index contributed by atoms with van der Waals surface area (Å²) >= 11 is 7.12. The number of methoxy groups -OCH3 is 1. The minimum absolute atomic E-state index is 0.0597. The fourth-order valence-electron chi connectivity index (χ4n) is 3.46. The van der Waals surface area contributed by atoms with Crippen LogP contribution in [0.4, 0.5) is 5.69 Å². The Morgan fingerprint density at radius 3 is 2.52 bits per heavy atom. The predicted molar refractivity (Wildman–Crippen MR) is 127 cm³/mol. The number of nitriles is 1. The average molecular weight is 484 g/mol. The number of amides is 2. The number of anilines is 1. The summed E-state index contributed by atoms with van der Waals surface area (Å²) in [6, 6.07) is 14.6. The molecule has 1 aliphatic heterocycles. The zero-order valence-electron chi connectivity index (χ0n) is 18.3. The van der Waals surface area contributed by atoms with E-state index in [0.717, 1.165) is 22.9 Å². The lowest BCUT2D eigenvalue weighted by Gasteiger charge is -2.31. The number of hydrogen-bond donors (Lipinski definition) is 2. The Morgan fingerprint density at radius 1 is 1.21 bits per heavy atom. The number of carbonyl (C=O) groups is 3. The fraction of sp³-hybridized carbons (Fsp3) is 0.250. The Morgan fingerprint density at radius 2 is 1.91 bits per heavy atom. The van der Waals surface area contributed by atoms with E-state index in [4.69, 9.17) is 16.3 Å². The number of allylic oxidation sites excluding steroid dienone is 1. The third-order valence-corrected chi connectivity index (χ3v) is 6.65. The average Bonchev–Trinajstić information content (AvgIpc) is 2.79. The first-order valence-corrected chi connectivity index (χ1v) is 11.4. The number of ether oxygens (including phenoxy) is 1. The molecule has 1 aliphatic rings. The van der Waals surface area contributed by atoms with E-state index in [2.05, 4.69) is 16.7 Å². The van der Waals surface area contributed by atoms with Crippen molar-refractivity contribution in [2.75, 3.05) is 18.2 Å². The summed E-state index contributed by atoms with van der Waals surface area (Å²) in [4.78, 5) is 37.7. The zero-order chi connectivity index (χ0) is 24.1. The molecule has 7 nitrogen and oxygen atoms in total. The third kappa shape index (κ3) is 5.56. The van der Waals surface area contributed by atoms with Crippen LogP contribution >= 0.6 is 23.4 Å². The van der Waals surface area contributed by atoms with E-state index >= 15 is 0 Å². The van der Waals surface area contributed by atoms with Gasteiger partial charge in [0.2, 0.25) is 11.8 Å². The van der Waals surface area contributed by atoms with Crippen LogP contribution < -0.4 is 10.6 Å². The molecule has 2 aromatic rings. The van der Waals surface area contributed by atoms with E-state index in [1.165, 1.54) is 7.11 Å². The van der Waals surface area contributed by atoms with Gasteiger partial charge >= 0.3 is 5.97 Å². The number of esters is 1. The van der Waals surface area contributed by atoms with Gasteiger partial charge in [-0.3, -0.25) is 14.4 Å². The largest absolute Gasteiger partial charge is 0.468 e. The molecule has 0 fully saturated rings. The molecule has 0 spiro atoms. The Balaban J connectivity index is 1.87. The Kier molecular flexibility index (Phi) is 7.79. The van der Waals surface area contributed by atoms with Gasteiger partial charge in [-0.2, -0.15) is 5.26 Å². The van der Waals surface area contributed by atoms with Crippen molar-refractivity contribution in [2.24, 2.45) is 5.92 Å². The van der Waals surface area contributed by atoms with E-state index < -0.39 is 23.7 Å². The van der Waals surface area contributed by atoms with Crippen molar-refractivity contribution in [3.63, 3.8) is 0 Å². The van der Waals surface area contributed by atoms with Gasteiger partial charge in [-0.1, -0.05) is 59.3 Å². The van der Waals surface area contributed by atoms with E-state index in [1.54, 1.807) is 30.3 Å². The number of rotatable bonds is 6. The van der Waals surface area contributed by atoms with Gasteiger partial charge < -0.3 is 15.4 Å². The normalized spacial score (nSPS) is 17.7. The summed E-state index contributed by atoms with van der Waals surface area (Å²) in [5.41, 5.74) is 3.27. The van der Waals surface area contributed by atoms with E-state index in [0.29, 0.717) is 16.3 Å². The summed E-state index contributed by atoms with van der Waals surface area (Å²) < 4.78 is 4.83. The van der Waals surface area contributed by atoms with Crippen molar-refractivity contribution in [1.82, 2.24) is 5.32 Å². The SMILES string of the molecule is COC(=O)[C@H]1C(=O)NC(SCC(=O)Nc2ccc(C)c(Cl)c2)=C(C#N)[C@@H]1c1ccc(C)cc1. The van der Waals surface area contributed by atoms with Gasteiger partial charge in [0.1, 0.15) is 5.92 Å². The summed E-state index contributed by atoms with van der Waals surface area (Å²) in [6.07, 6.45) is 0. The van der Waals surface area contributed by atoms with Crippen LogP contribution in [0.5, 0.6) is 0 Å². The maximum atomic E-state index is 12.8. The lowest BCUT2D eigenvalue weighted by atomic mass is 9.78. The first-order chi connectivity index (χ1) is 15.7. The van der Waals surface area contributed by atoms with Crippen molar-refractivity contribution in [1.29, 1.82) is 5.26 Å². The van der Waals surface area contributed by atoms with Crippen LogP contribution in [-0.4, -0.2) is 30.6 Å². The van der Waals surface area contributed by atoms with Gasteiger partial charge in [0, 0.05) is 16.6 Å². The Hall–Kier alpha value is -3.28. The van der Waals surface area contributed by atoms with Gasteiger partial charge in [0.05, 0.1) is 29.5 Å². The van der Waals surface area contributed by atoms with Crippen molar-refractivity contribution >= 4 is 46.8 Å². The second kappa shape index (κ2) is 10.6. The molecular weight excluding hydrogens is 462 g/mol. The molecule has 170 valence electrons. The van der Waals surface area contributed by atoms with Gasteiger partial charge in [-0.05, 0) is 37.1 Å². The maximum Gasteiger partial charge on any atom is 0.319 e. The number of halogens is 1. The van der Waals surface area contributed by atoms with Crippen LogP contribution in [0.1, 0.15) is 22.6 Å². The molecule has 33 heavy (non-hydrogen) atoms. The molecule has 0 saturated heterocycles. The molecule has 1 heterocycles. The summed E-state index contributed by atoms with van der Waals surface area (Å²) in [7, 11) is 1.20. The molecule has 3 rings (SSSR count). The highest BCUT2D eigenvalue weighted by molar-refractivity contribution is 8.03. The quantitative estimate of drug-likeness (QED) is 0.473. The number of nitrogens with one attached hydrogen (secondary N) is 2.